The van der Waals surface area contributed by atoms with Crippen molar-refractivity contribution in [2.75, 3.05) is 13.6 Å². The summed E-state index contributed by atoms with van der Waals surface area (Å²) in [5.74, 6) is 0. The van der Waals surface area contributed by atoms with Crippen LogP contribution in [0, 0.1) is 0 Å². The lowest BCUT2D eigenvalue weighted by molar-refractivity contribution is 0.168. The molecular weight excluding hydrogens is 174 g/mol. The normalized spacial score (nSPS) is 11.3. The van der Waals surface area contributed by atoms with Crippen molar-refractivity contribution in [2.24, 2.45) is 0 Å². The highest BCUT2D eigenvalue weighted by Gasteiger charge is 2.04. The predicted molar refractivity (Wildman–Crippen MR) is 61.2 cm³/mol. The van der Waals surface area contributed by atoms with E-state index in [4.69, 9.17) is 0 Å². The van der Waals surface area contributed by atoms with Crippen molar-refractivity contribution in [1.29, 1.82) is 0 Å². The Morgan fingerprint density at radius 3 is 2.36 bits per heavy atom. The van der Waals surface area contributed by atoms with Gasteiger partial charge in [-0.1, -0.05) is 30.3 Å². The van der Waals surface area contributed by atoms with Crippen LogP contribution in [0.4, 0.5) is 0 Å². The van der Waals surface area contributed by atoms with E-state index in [9.17, 15) is 5.11 Å². The largest absolute Gasteiger partial charge is 0.388 e. The van der Waals surface area contributed by atoms with Crippen LogP contribution in [-0.2, 0) is 0 Å². The zero-order valence-electron chi connectivity index (χ0n) is 8.74. The van der Waals surface area contributed by atoms with Gasteiger partial charge in [0.1, 0.15) is 0 Å². The van der Waals surface area contributed by atoms with Gasteiger partial charge in [0.25, 0.3) is 0 Å². The molecule has 78 valence electrons. The van der Waals surface area contributed by atoms with Gasteiger partial charge in [-0.25, -0.2) is 0 Å². The van der Waals surface area contributed by atoms with E-state index < -0.39 is 0 Å². The van der Waals surface area contributed by atoms with Gasteiger partial charge in [-0.15, -0.1) is 13.2 Å². The van der Waals surface area contributed by atoms with E-state index in [0.29, 0.717) is 0 Å². The molecule has 1 atom stereocenters. The van der Waals surface area contributed by atoms with Crippen LogP contribution in [0.3, 0.4) is 0 Å². The molecule has 0 aromatic heterocycles. The van der Waals surface area contributed by atoms with Crippen LogP contribution in [0.5, 0.6) is 0 Å². The van der Waals surface area contributed by atoms with Gasteiger partial charge in [0.15, 0.2) is 0 Å². The molecule has 1 aromatic rings. The third-order valence-corrected chi connectivity index (χ3v) is 1.85. The molecule has 0 aliphatic carbocycles. The number of aliphatic hydroxyl groups excluding tert-OH is 1. The van der Waals surface area contributed by atoms with E-state index in [1.54, 1.807) is 0 Å². The first-order valence-electron chi connectivity index (χ1n) is 4.72. The highest BCUT2D eigenvalue weighted by atomic mass is 16.3. The number of nitrogens with one attached hydrogen (secondary N) is 1. The monoisotopic (exact) mass is 193 g/mol. The molecule has 0 saturated carbocycles. The quantitative estimate of drug-likeness (QED) is 0.718. The Hall–Kier alpha value is -1.12. The zero-order valence-corrected chi connectivity index (χ0v) is 8.74. The zero-order chi connectivity index (χ0) is 10.8. The van der Waals surface area contributed by atoms with Gasteiger partial charge < -0.3 is 10.4 Å². The standard InChI is InChI=1S/C10H15NO.C2H4/c1-11-8-7-10(12)9-5-3-2-4-6-9;1-2/h2-6,10-12H,7-8H2,1H3;1-2H2. The molecule has 2 nitrogen and oxygen atoms in total. The second-order valence-electron chi connectivity index (χ2n) is 2.82. The topological polar surface area (TPSA) is 32.3 Å². The van der Waals surface area contributed by atoms with Crippen molar-refractivity contribution >= 4 is 0 Å². The molecule has 1 aromatic carbocycles. The van der Waals surface area contributed by atoms with E-state index in [0.717, 1.165) is 18.5 Å². The molecule has 0 amide bonds. The average molecular weight is 193 g/mol. The van der Waals surface area contributed by atoms with Crippen LogP contribution >= 0.6 is 0 Å². The first-order valence-corrected chi connectivity index (χ1v) is 4.72. The third kappa shape index (κ3) is 4.80. The molecule has 0 saturated heterocycles. The number of hydrogen-bond acceptors (Lipinski definition) is 2. The maximum Gasteiger partial charge on any atom is 0.0802 e. The van der Waals surface area contributed by atoms with Gasteiger partial charge in [0.2, 0.25) is 0 Å². The summed E-state index contributed by atoms with van der Waals surface area (Å²) in [4.78, 5) is 0. The summed E-state index contributed by atoms with van der Waals surface area (Å²) in [6.45, 7) is 6.84. The smallest absolute Gasteiger partial charge is 0.0802 e. The van der Waals surface area contributed by atoms with Gasteiger partial charge >= 0.3 is 0 Å². The highest BCUT2D eigenvalue weighted by molar-refractivity contribution is 5.17. The van der Waals surface area contributed by atoms with E-state index >= 15 is 0 Å². The van der Waals surface area contributed by atoms with Crippen LogP contribution in [0.15, 0.2) is 43.5 Å². The maximum atomic E-state index is 9.61. The van der Waals surface area contributed by atoms with Crippen molar-refractivity contribution in [3.8, 4) is 0 Å². The fourth-order valence-electron chi connectivity index (χ4n) is 1.12. The van der Waals surface area contributed by atoms with E-state index in [1.807, 2.05) is 37.4 Å². The van der Waals surface area contributed by atoms with Crippen LogP contribution in [-0.4, -0.2) is 18.7 Å². The fraction of sp³-hybridized carbons (Fsp3) is 0.333. The minimum Gasteiger partial charge on any atom is -0.388 e. The molecule has 0 heterocycles. The lowest BCUT2D eigenvalue weighted by atomic mass is 10.1. The van der Waals surface area contributed by atoms with Gasteiger partial charge in [-0.3, -0.25) is 0 Å². The number of rotatable bonds is 4. The van der Waals surface area contributed by atoms with Gasteiger partial charge in [0, 0.05) is 0 Å². The molecule has 0 aliphatic heterocycles. The van der Waals surface area contributed by atoms with E-state index in [-0.39, 0.29) is 6.10 Å². The summed E-state index contributed by atoms with van der Waals surface area (Å²) in [6.07, 6.45) is 0.430. The summed E-state index contributed by atoms with van der Waals surface area (Å²) >= 11 is 0. The molecular formula is C12H19NO. The SMILES string of the molecule is C=C.CNCCC(O)c1ccccc1. The van der Waals surface area contributed by atoms with Gasteiger partial charge in [-0.2, -0.15) is 0 Å². The van der Waals surface area contributed by atoms with Crippen molar-refractivity contribution < 1.29 is 5.11 Å². The predicted octanol–water partition coefficient (Wildman–Crippen LogP) is 2.13. The molecule has 2 heteroatoms. The summed E-state index contributed by atoms with van der Waals surface area (Å²) in [7, 11) is 1.89. The maximum absolute atomic E-state index is 9.61. The molecule has 1 rings (SSSR count). The Morgan fingerprint density at radius 1 is 1.29 bits per heavy atom. The molecule has 0 spiro atoms. The lowest BCUT2D eigenvalue weighted by Crippen LogP contribution is -2.11. The van der Waals surface area contributed by atoms with Crippen molar-refractivity contribution in [1.82, 2.24) is 5.32 Å². The Kier molecular flexibility index (Phi) is 7.80. The minimum atomic E-state index is -0.335. The van der Waals surface area contributed by atoms with Gasteiger partial charge in [-0.05, 0) is 25.6 Å². The van der Waals surface area contributed by atoms with Crippen LogP contribution in [0.1, 0.15) is 18.1 Å². The summed E-state index contributed by atoms with van der Waals surface area (Å²) in [5.41, 5.74) is 0.993. The van der Waals surface area contributed by atoms with E-state index in [2.05, 4.69) is 18.5 Å². The fourth-order valence-corrected chi connectivity index (χ4v) is 1.12. The Balaban J connectivity index is 0.000000791. The molecule has 0 fully saturated rings. The Labute approximate surface area is 86.3 Å². The Bertz CT molecular complexity index is 223. The van der Waals surface area contributed by atoms with Crippen molar-refractivity contribution in [2.45, 2.75) is 12.5 Å². The molecule has 0 radical (unpaired) electrons. The molecule has 14 heavy (non-hydrogen) atoms. The van der Waals surface area contributed by atoms with E-state index in [1.165, 1.54) is 0 Å². The number of aliphatic hydroxyl groups is 1. The first-order chi connectivity index (χ1) is 6.84. The highest BCUT2D eigenvalue weighted by Crippen LogP contribution is 2.14. The average Bonchev–Trinajstić information content (AvgIpc) is 2.30. The summed E-state index contributed by atoms with van der Waals surface area (Å²) in [5, 5.41) is 12.6. The molecule has 2 N–H and O–H groups in total. The first kappa shape index (κ1) is 12.9. The third-order valence-electron chi connectivity index (χ3n) is 1.85. The molecule has 0 aliphatic rings. The van der Waals surface area contributed by atoms with Crippen LogP contribution < -0.4 is 5.32 Å². The molecule has 0 bridgehead atoms. The second-order valence-corrected chi connectivity index (χ2v) is 2.82. The summed E-state index contributed by atoms with van der Waals surface area (Å²) in [6, 6.07) is 9.73. The van der Waals surface area contributed by atoms with Crippen molar-refractivity contribution in [3.05, 3.63) is 49.1 Å². The number of benzene rings is 1. The number of hydrogen-bond donors (Lipinski definition) is 2. The van der Waals surface area contributed by atoms with Crippen LogP contribution in [0.25, 0.3) is 0 Å². The van der Waals surface area contributed by atoms with Gasteiger partial charge in [0.05, 0.1) is 6.10 Å². The lowest BCUT2D eigenvalue weighted by Gasteiger charge is -2.09. The minimum absolute atomic E-state index is 0.335. The molecule has 1 unspecified atom stereocenters. The second kappa shape index (κ2) is 8.48. The van der Waals surface area contributed by atoms with Crippen molar-refractivity contribution in [3.63, 3.8) is 0 Å². The summed E-state index contributed by atoms with van der Waals surface area (Å²) < 4.78 is 0. The Morgan fingerprint density at radius 2 is 1.86 bits per heavy atom. The van der Waals surface area contributed by atoms with Crippen LogP contribution in [0.2, 0.25) is 0 Å².